The normalized spacial score (nSPS) is 27.0. The second-order valence-corrected chi connectivity index (χ2v) is 8.19. The number of hydrogen-bond donors (Lipinski definition) is 1. The molecule has 0 aromatic carbocycles. The Morgan fingerprint density at radius 3 is 2.46 bits per heavy atom. The average molecular weight is 361 g/mol. The number of β-amino-alcohol motifs (C(OH)–C–C–N with tert-alkyl or cyclic N) is 1. The number of aliphatic hydroxyl groups excluding tert-OH is 1. The molecule has 3 aliphatic rings. The van der Waals surface area contributed by atoms with Gasteiger partial charge in [0.1, 0.15) is 0 Å². The lowest BCUT2D eigenvalue weighted by Gasteiger charge is -2.41. The lowest BCUT2D eigenvalue weighted by molar-refractivity contribution is 0.0239. The van der Waals surface area contributed by atoms with Crippen molar-refractivity contribution in [1.29, 1.82) is 0 Å². The van der Waals surface area contributed by atoms with E-state index >= 15 is 0 Å². The first-order valence-electron chi connectivity index (χ1n) is 10.3. The van der Waals surface area contributed by atoms with Gasteiger partial charge in [-0.2, -0.15) is 0 Å². The molecule has 1 aromatic heterocycles. The number of likely N-dealkylation sites (tertiary alicyclic amines) is 2. The molecule has 0 radical (unpaired) electrons. The monoisotopic (exact) mass is 361 g/mol. The Morgan fingerprint density at radius 1 is 0.962 bits per heavy atom. The minimum atomic E-state index is -0.182. The summed E-state index contributed by atoms with van der Waals surface area (Å²) in [5, 5.41) is 18.3. The van der Waals surface area contributed by atoms with E-state index in [1.807, 2.05) is 15.8 Å². The summed E-state index contributed by atoms with van der Waals surface area (Å²) in [5.41, 5.74) is 0.488. The second-order valence-electron chi connectivity index (χ2n) is 8.19. The van der Waals surface area contributed by atoms with Crippen molar-refractivity contribution in [1.82, 2.24) is 24.8 Å². The molecule has 1 N–H and O–H groups in total. The number of aromatic nitrogens is 3. The van der Waals surface area contributed by atoms with Gasteiger partial charge in [-0.3, -0.25) is 9.69 Å². The van der Waals surface area contributed by atoms with Crippen LogP contribution in [0.15, 0.2) is 6.20 Å². The van der Waals surface area contributed by atoms with Gasteiger partial charge in [-0.25, -0.2) is 4.68 Å². The average Bonchev–Trinajstić information content (AvgIpc) is 3.18. The SMILES string of the molecule is O=C(c1cn(C2CCCCC2)nn1)N1CCC(N2CCC[C@@H](O)C2)CC1. The third-order valence-corrected chi connectivity index (χ3v) is 6.37. The predicted octanol–water partition coefficient (Wildman–Crippen LogP) is 1.84. The van der Waals surface area contributed by atoms with E-state index < -0.39 is 0 Å². The summed E-state index contributed by atoms with van der Waals surface area (Å²) in [5.74, 6) is 0.0178. The van der Waals surface area contributed by atoms with Crippen LogP contribution in [0, 0.1) is 0 Å². The maximum Gasteiger partial charge on any atom is 0.276 e. The molecule has 26 heavy (non-hydrogen) atoms. The highest BCUT2D eigenvalue weighted by molar-refractivity contribution is 5.92. The van der Waals surface area contributed by atoms with E-state index in [-0.39, 0.29) is 12.0 Å². The van der Waals surface area contributed by atoms with Gasteiger partial charge in [0.05, 0.1) is 18.3 Å². The summed E-state index contributed by atoms with van der Waals surface area (Å²) in [6, 6.07) is 0.904. The van der Waals surface area contributed by atoms with Crippen LogP contribution < -0.4 is 0 Å². The molecular formula is C19H31N5O2. The standard InChI is InChI=1S/C19H31N5O2/c25-17-7-4-10-23(13-17)15-8-11-22(12-9-15)19(26)18-14-24(21-20-18)16-5-2-1-3-6-16/h14-17,25H,1-13H2/t17-/m1/s1. The lowest BCUT2D eigenvalue weighted by atomic mass is 9.96. The fourth-order valence-corrected chi connectivity index (χ4v) is 4.81. The highest BCUT2D eigenvalue weighted by Crippen LogP contribution is 2.27. The molecule has 1 aliphatic carbocycles. The van der Waals surface area contributed by atoms with Crippen LogP contribution in [0.5, 0.6) is 0 Å². The van der Waals surface area contributed by atoms with E-state index in [0.29, 0.717) is 17.8 Å². The molecule has 0 unspecified atom stereocenters. The molecule has 1 atom stereocenters. The largest absolute Gasteiger partial charge is 0.392 e. The molecule has 2 aliphatic heterocycles. The molecule has 7 nitrogen and oxygen atoms in total. The van der Waals surface area contributed by atoms with Crippen LogP contribution in [0.3, 0.4) is 0 Å². The van der Waals surface area contributed by atoms with Crippen molar-refractivity contribution in [3.05, 3.63) is 11.9 Å². The topological polar surface area (TPSA) is 74.5 Å². The molecule has 4 rings (SSSR count). The van der Waals surface area contributed by atoms with Crippen LogP contribution in [0.2, 0.25) is 0 Å². The van der Waals surface area contributed by atoms with Crippen LogP contribution in [0.1, 0.15) is 74.3 Å². The van der Waals surface area contributed by atoms with E-state index in [1.165, 1.54) is 19.3 Å². The first-order chi connectivity index (χ1) is 12.7. The Labute approximate surface area is 155 Å². The highest BCUT2D eigenvalue weighted by Gasteiger charge is 2.31. The number of piperidine rings is 2. The fourth-order valence-electron chi connectivity index (χ4n) is 4.81. The van der Waals surface area contributed by atoms with Crippen LogP contribution in [0.4, 0.5) is 0 Å². The van der Waals surface area contributed by atoms with Gasteiger partial charge in [0.25, 0.3) is 5.91 Å². The molecule has 1 aromatic rings. The van der Waals surface area contributed by atoms with E-state index in [4.69, 9.17) is 0 Å². The zero-order chi connectivity index (χ0) is 17.9. The number of amides is 1. The smallest absolute Gasteiger partial charge is 0.276 e. The minimum absolute atomic E-state index is 0.0178. The van der Waals surface area contributed by atoms with Gasteiger partial charge in [-0.1, -0.05) is 24.5 Å². The van der Waals surface area contributed by atoms with Crippen molar-refractivity contribution < 1.29 is 9.90 Å². The Morgan fingerprint density at radius 2 is 1.73 bits per heavy atom. The van der Waals surface area contributed by atoms with Crippen LogP contribution in [-0.2, 0) is 0 Å². The maximum atomic E-state index is 12.8. The Hall–Kier alpha value is -1.47. The summed E-state index contributed by atoms with van der Waals surface area (Å²) in [7, 11) is 0. The molecule has 1 saturated carbocycles. The number of carbonyl (C=O) groups excluding carboxylic acids is 1. The van der Waals surface area contributed by atoms with Gasteiger partial charge in [0.2, 0.25) is 0 Å². The van der Waals surface area contributed by atoms with Crippen molar-refractivity contribution in [3.63, 3.8) is 0 Å². The van der Waals surface area contributed by atoms with E-state index in [2.05, 4.69) is 15.2 Å². The summed E-state index contributed by atoms with van der Waals surface area (Å²) in [4.78, 5) is 17.1. The van der Waals surface area contributed by atoms with Crippen LogP contribution >= 0.6 is 0 Å². The molecule has 0 bridgehead atoms. The molecule has 0 spiro atoms. The van der Waals surface area contributed by atoms with Crippen molar-refractivity contribution in [2.75, 3.05) is 26.2 Å². The zero-order valence-corrected chi connectivity index (χ0v) is 15.6. The second kappa shape index (κ2) is 8.05. The molecule has 3 heterocycles. The Balaban J connectivity index is 1.31. The number of aliphatic hydroxyl groups is 1. The van der Waals surface area contributed by atoms with Crippen LogP contribution in [-0.4, -0.2) is 74.1 Å². The summed E-state index contributed by atoms with van der Waals surface area (Å²) in [6.45, 7) is 3.40. The van der Waals surface area contributed by atoms with Gasteiger partial charge < -0.3 is 10.0 Å². The first kappa shape index (κ1) is 17.9. The molecule has 3 fully saturated rings. The van der Waals surface area contributed by atoms with Gasteiger partial charge >= 0.3 is 0 Å². The predicted molar refractivity (Wildman–Crippen MR) is 97.9 cm³/mol. The molecule has 144 valence electrons. The molecule has 7 heteroatoms. The summed E-state index contributed by atoms with van der Waals surface area (Å²) >= 11 is 0. The molecular weight excluding hydrogens is 330 g/mol. The number of hydrogen-bond acceptors (Lipinski definition) is 5. The highest BCUT2D eigenvalue weighted by atomic mass is 16.3. The Kier molecular flexibility index (Phi) is 5.55. The number of carbonyl (C=O) groups is 1. The van der Waals surface area contributed by atoms with Crippen molar-refractivity contribution in [3.8, 4) is 0 Å². The van der Waals surface area contributed by atoms with Crippen LogP contribution in [0.25, 0.3) is 0 Å². The minimum Gasteiger partial charge on any atom is -0.392 e. The summed E-state index contributed by atoms with van der Waals surface area (Å²) in [6.07, 6.45) is 11.7. The first-order valence-corrected chi connectivity index (χ1v) is 10.3. The summed E-state index contributed by atoms with van der Waals surface area (Å²) < 4.78 is 1.91. The van der Waals surface area contributed by atoms with Crippen molar-refractivity contribution in [2.45, 2.75) is 76.0 Å². The molecule has 2 saturated heterocycles. The van der Waals surface area contributed by atoms with E-state index in [0.717, 1.165) is 64.7 Å². The van der Waals surface area contributed by atoms with Gasteiger partial charge in [0.15, 0.2) is 5.69 Å². The van der Waals surface area contributed by atoms with E-state index in [1.54, 1.807) is 0 Å². The zero-order valence-electron chi connectivity index (χ0n) is 15.6. The third kappa shape index (κ3) is 3.93. The van der Waals surface area contributed by atoms with Gasteiger partial charge in [0, 0.05) is 25.7 Å². The Bertz CT molecular complexity index is 605. The number of rotatable bonds is 3. The number of nitrogens with zero attached hydrogens (tertiary/aromatic N) is 5. The quantitative estimate of drug-likeness (QED) is 0.889. The van der Waals surface area contributed by atoms with Gasteiger partial charge in [-0.05, 0) is 45.1 Å². The fraction of sp³-hybridized carbons (Fsp3) is 0.842. The van der Waals surface area contributed by atoms with Crippen molar-refractivity contribution in [2.24, 2.45) is 0 Å². The van der Waals surface area contributed by atoms with Gasteiger partial charge in [-0.15, -0.1) is 5.10 Å². The third-order valence-electron chi connectivity index (χ3n) is 6.37. The maximum absolute atomic E-state index is 12.8. The van der Waals surface area contributed by atoms with E-state index in [9.17, 15) is 9.90 Å². The molecule has 1 amide bonds. The lowest BCUT2D eigenvalue weighted by Crippen LogP contribution is -2.50. The van der Waals surface area contributed by atoms with Crippen molar-refractivity contribution >= 4 is 5.91 Å².